The van der Waals surface area contributed by atoms with Crippen LogP contribution in [0.3, 0.4) is 0 Å². The normalized spacial score (nSPS) is 26.5. The maximum absolute atomic E-state index is 12.8. The lowest BCUT2D eigenvalue weighted by molar-refractivity contribution is -0.134. The SMILES string of the molecule is O=C(C1CC12CCNCC2)N1CCc2c(Br)cccc2C1. The number of piperidine rings is 1. The molecule has 1 N–H and O–H groups in total. The number of nitrogens with zero attached hydrogens (tertiary/aromatic N) is 1. The molecular weight excluding hydrogens is 328 g/mol. The maximum atomic E-state index is 12.8. The fourth-order valence-electron chi connectivity index (χ4n) is 4.15. The van der Waals surface area contributed by atoms with Gasteiger partial charge in [-0.25, -0.2) is 0 Å². The first-order valence-corrected chi connectivity index (χ1v) is 8.75. The number of rotatable bonds is 1. The quantitative estimate of drug-likeness (QED) is 0.846. The zero-order valence-electron chi connectivity index (χ0n) is 12.2. The van der Waals surface area contributed by atoms with Gasteiger partial charge in [0.05, 0.1) is 0 Å². The van der Waals surface area contributed by atoms with Gasteiger partial charge in [-0.15, -0.1) is 0 Å². The number of hydrogen-bond donors (Lipinski definition) is 1. The van der Waals surface area contributed by atoms with Crippen molar-refractivity contribution in [1.29, 1.82) is 0 Å². The first kappa shape index (κ1) is 13.8. The average Bonchev–Trinajstić information content (AvgIpc) is 3.20. The molecule has 0 aromatic heterocycles. The van der Waals surface area contributed by atoms with Gasteiger partial charge in [-0.2, -0.15) is 0 Å². The van der Waals surface area contributed by atoms with Crippen molar-refractivity contribution in [3.63, 3.8) is 0 Å². The van der Waals surface area contributed by atoms with Gasteiger partial charge >= 0.3 is 0 Å². The summed E-state index contributed by atoms with van der Waals surface area (Å²) in [6.07, 6.45) is 4.46. The van der Waals surface area contributed by atoms with Gasteiger partial charge < -0.3 is 10.2 Å². The monoisotopic (exact) mass is 348 g/mol. The summed E-state index contributed by atoms with van der Waals surface area (Å²) in [6, 6.07) is 6.33. The number of fused-ring (bicyclic) bond motifs is 1. The van der Waals surface area contributed by atoms with Crippen molar-refractivity contribution in [2.75, 3.05) is 19.6 Å². The second-order valence-electron chi connectivity index (χ2n) is 6.76. The Bertz CT molecular complexity index is 580. The predicted octanol–water partition coefficient (Wildman–Crippen LogP) is 2.72. The lowest BCUT2D eigenvalue weighted by Gasteiger charge is -2.31. The molecule has 0 radical (unpaired) electrons. The molecule has 0 bridgehead atoms. The molecule has 1 atom stereocenters. The van der Waals surface area contributed by atoms with Gasteiger partial charge in [0.2, 0.25) is 5.91 Å². The van der Waals surface area contributed by atoms with Crippen LogP contribution in [-0.2, 0) is 17.8 Å². The molecule has 1 spiro atoms. The van der Waals surface area contributed by atoms with Crippen LogP contribution >= 0.6 is 15.9 Å². The molecule has 1 saturated carbocycles. The fourth-order valence-corrected chi connectivity index (χ4v) is 4.75. The van der Waals surface area contributed by atoms with Gasteiger partial charge in [0.15, 0.2) is 0 Å². The van der Waals surface area contributed by atoms with Crippen molar-refractivity contribution in [2.45, 2.75) is 32.2 Å². The topological polar surface area (TPSA) is 32.3 Å². The molecule has 1 amide bonds. The Kier molecular flexibility index (Phi) is 3.34. The van der Waals surface area contributed by atoms with Crippen LogP contribution in [0, 0.1) is 11.3 Å². The summed E-state index contributed by atoms with van der Waals surface area (Å²) in [6.45, 7) is 3.83. The molecule has 1 unspecified atom stereocenters. The molecule has 4 rings (SSSR count). The van der Waals surface area contributed by atoms with E-state index in [1.54, 1.807) is 0 Å². The molecule has 112 valence electrons. The summed E-state index contributed by atoms with van der Waals surface area (Å²) in [5.41, 5.74) is 3.04. The van der Waals surface area contributed by atoms with Crippen LogP contribution in [0.1, 0.15) is 30.4 Å². The molecule has 1 aromatic carbocycles. The average molecular weight is 349 g/mol. The zero-order valence-corrected chi connectivity index (χ0v) is 13.8. The van der Waals surface area contributed by atoms with E-state index in [0.29, 0.717) is 17.2 Å². The van der Waals surface area contributed by atoms with Crippen LogP contribution in [0.15, 0.2) is 22.7 Å². The van der Waals surface area contributed by atoms with Gasteiger partial charge in [0.25, 0.3) is 0 Å². The van der Waals surface area contributed by atoms with E-state index in [-0.39, 0.29) is 0 Å². The molecular formula is C17H21BrN2O. The van der Waals surface area contributed by atoms with E-state index in [2.05, 4.69) is 44.3 Å². The fraction of sp³-hybridized carbons (Fsp3) is 0.588. The highest BCUT2D eigenvalue weighted by atomic mass is 79.9. The Labute approximate surface area is 134 Å². The van der Waals surface area contributed by atoms with E-state index < -0.39 is 0 Å². The first-order chi connectivity index (χ1) is 10.2. The lowest BCUT2D eigenvalue weighted by atomic mass is 9.91. The van der Waals surface area contributed by atoms with Crippen LogP contribution in [0.25, 0.3) is 0 Å². The largest absolute Gasteiger partial charge is 0.338 e. The van der Waals surface area contributed by atoms with E-state index in [4.69, 9.17) is 0 Å². The van der Waals surface area contributed by atoms with E-state index in [1.165, 1.54) is 28.4 Å². The van der Waals surface area contributed by atoms with E-state index in [1.807, 2.05) is 0 Å². The number of hydrogen-bond acceptors (Lipinski definition) is 2. The highest BCUT2D eigenvalue weighted by molar-refractivity contribution is 9.10. The summed E-state index contributed by atoms with van der Waals surface area (Å²) in [7, 11) is 0. The van der Waals surface area contributed by atoms with E-state index in [9.17, 15) is 4.79 Å². The third-order valence-electron chi connectivity index (χ3n) is 5.61. The standard InChI is InChI=1S/C17H21BrN2O/c18-15-3-1-2-12-11-20(9-4-13(12)15)16(21)14-10-17(14)5-7-19-8-6-17/h1-3,14,19H,4-11H2. The molecule has 2 aliphatic heterocycles. The number of amides is 1. The molecule has 1 saturated heterocycles. The molecule has 3 nitrogen and oxygen atoms in total. The summed E-state index contributed by atoms with van der Waals surface area (Å²) < 4.78 is 1.19. The van der Waals surface area contributed by atoms with E-state index in [0.717, 1.165) is 39.0 Å². The maximum Gasteiger partial charge on any atom is 0.226 e. The van der Waals surface area contributed by atoms with Crippen molar-refractivity contribution in [3.8, 4) is 0 Å². The van der Waals surface area contributed by atoms with Crippen molar-refractivity contribution < 1.29 is 4.79 Å². The molecule has 2 heterocycles. The highest BCUT2D eigenvalue weighted by Gasteiger charge is 2.58. The van der Waals surface area contributed by atoms with Crippen LogP contribution in [0.2, 0.25) is 0 Å². The van der Waals surface area contributed by atoms with Crippen molar-refractivity contribution in [3.05, 3.63) is 33.8 Å². The number of benzene rings is 1. The van der Waals surface area contributed by atoms with Crippen LogP contribution in [0.4, 0.5) is 0 Å². The Morgan fingerprint density at radius 1 is 1.33 bits per heavy atom. The van der Waals surface area contributed by atoms with Gasteiger partial charge in [-0.1, -0.05) is 28.1 Å². The second kappa shape index (κ2) is 5.10. The highest BCUT2D eigenvalue weighted by Crippen LogP contribution is 2.59. The van der Waals surface area contributed by atoms with Gasteiger partial charge in [0.1, 0.15) is 0 Å². The Balaban J connectivity index is 1.48. The van der Waals surface area contributed by atoms with E-state index >= 15 is 0 Å². The lowest BCUT2D eigenvalue weighted by Crippen LogP contribution is -2.39. The van der Waals surface area contributed by atoms with Crippen LogP contribution < -0.4 is 5.32 Å². The van der Waals surface area contributed by atoms with Gasteiger partial charge in [0, 0.05) is 23.5 Å². The number of nitrogens with one attached hydrogen (secondary N) is 1. The minimum absolute atomic E-state index is 0.299. The van der Waals surface area contributed by atoms with Crippen LogP contribution in [-0.4, -0.2) is 30.4 Å². The Hall–Kier alpha value is -0.870. The summed E-state index contributed by atoms with van der Waals surface area (Å²) in [5, 5.41) is 3.41. The zero-order chi connectivity index (χ0) is 14.4. The minimum Gasteiger partial charge on any atom is -0.338 e. The molecule has 21 heavy (non-hydrogen) atoms. The molecule has 2 fully saturated rings. The minimum atomic E-state index is 0.299. The number of carbonyl (C=O) groups excluding carboxylic acids is 1. The molecule has 4 heteroatoms. The number of carbonyl (C=O) groups is 1. The van der Waals surface area contributed by atoms with Crippen molar-refractivity contribution >= 4 is 21.8 Å². The smallest absolute Gasteiger partial charge is 0.226 e. The number of halogens is 1. The predicted molar refractivity (Wildman–Crippen MR) is 85.9 cm³/mol. The van der Waals surface area contributed by atoms with Crippen molar-refractivity contribution in [2.24, 2.45) is 11.3 Å². The second-order valence-corrected chi connectivity index (χ2v) is 7.61. The van der Waals surface area contributed by atoms with Crippen LogP contribution in [0.5, 0.6) is 0 Å². The molecule has 1 aromatic rings. The van der Waals surface area contributed by atoms with Crippen molar-refractivity contribution in [1.82, 2.24) is 10.2 Å². The Morgan fingerprint density at radius 2 is 2.14 bits per heavy atom. The molecule has 1 aliphatic carbocycles. The Morgan fingerprint density at radius 3 is 2.95 bits per heavy atom. The third-order valence-corrected chi connectivity index (χ3v) is 6.35. The first-order valence-electron chi connectivity index (χ1n) is 7.95. The van der Waals surface area contributed by atoms with Gasteiger partial charge in [-0.3, -0.25) is 4.79 Å². The summed E-state index contributed by atoms with van der Waals surface area (Å²) in [5.74, 6) is 0.704. The molecule has 3 aliphatic rings. The third kappa shape index (κ3) is 2.33. The summed E-state index contributed by atoms with van der Waals surface area (Å²) >= 11 is 3.63. The van der Waals surface area contributed by atoms with Gasteiger partial charge in [-0.05, 0) is 61.4 Å². The summed E-state index contributed by atoms with van der Waals surface area (Å²) in [4.78, 5) is 14.9.